The lowest BCUT2D eigenvalue weighted by Gasteiger charge is -2.25. The van der Waals surface area contributed by atoms with Gasteiger partial charge in [0.1, 0.15) is 0 Å². The van der Waals surface area contributed by atoms with Gasteiger partial charge in [-0.2, -0.15) is 0 Å². The maximum atomic E-state index is 12.1. The molecule has 1 aliphatic rings. The normalized spacial score (nSPS) is 16.0. The Morgan fingerprint density at radius 2 is 1.95 bits per heavy atom. The molecule has 0 saturated heterocycles. The molecular weight excluding hydrogens is 302 g/mol. The van der Waals surface area contributed by atoms with Gasteiger partial charge in [-0.05, 0) is 36.5 Å². The lowest BCUT2D eigenvalue weighted by Crippen LogP contribution is -2.45. The number of hydrogen-bond acceptors (Lipinski definition) is 3. The highest BCUT2D eigenvalue weighted by atomic mass is 35.5. The fraction of sp³-hybridized carbons (Fsp3) is 0.500. The Morgan fingerprint density at radius 1 is 1.32 bits per heavy atom. The van der Waals surface area contributed by atoms with E-state index < -0.39 is 6.04 Å². The minimum atomic E-state index is -0.646. The van der Waals surface area contributed by atoms with E-state index in [1.54, 1.807) is 18.2 Å². The number of carbonyl (C=O) groups is 2. The first kappa shape index (κ1) is 16.8. The minimum absolute atomic E-state index is 0.219. The third-order valence-electron chi connectivity index (χ3n) is 3.61. The Bertz CT molecular complexity index is 592. The molecule has 1 aromatic carbocycles. The second-order valence-corrected chi connectivity index (χ2v) is 7.18. The van der Waals surface area contributed by atoms with Crippen LogP contribution in [0.2, 0.25) is 5.02 Å². The molecule has 1 fully saturated rings. The fourth-order valence-electron chi connectivity index (χ4n) is 1.88. The van der Waals surface area contributed by atoms with Crippen molar-refractivity contribution >= 4 is 29.1 Å². The smallest absolute Gasteiger partial charge is 0.253 e. The third-order valence-corrected chi connectivity index (χ3v) is 3.94. The molecule has 1 saturated carbocycles. The molecule has 2 rings (SSSR count). The van der Waals surface area contributed by atoms with Gasteiger partial charge in [0.05, 0.1) is 16.6 Å². The van der Waals surface area contributed by atoms with Crippen LogP contribution in [-0.2, 0) is 4.79 Å². The quantitative estimate of drug-likeness (QED) is 0.796. The van der Waals surface area contributed by atoms with Gasteiger partial charge in [-0.1, -0.05) is 32.4 Å². The summed E-state index contributed by atoms with van der Waals surface area (Å²) in [6.45, 7) is 5.69. The van der Waals surface area contributed by atoms with Crippen molar-refractivity contribution in [3.8, 4) is 0 Å². The van der Waals surface area contributed by atoms with E-state index in [1.165, 1.54) is 0 Å². The number of nitrogens with one attached hydrogen (secondary N) is 2. The van der Waals surface area contributed by atoms with Gasteiger partial charge in [-0.3, -0.25) is 9.59 Å². The van der Waals surface area contributed by atoms with Crippen molar-refractivity contribution in [2.45, 2.75) is 45.7 Å². The average Bonchev–Trinajstić information content (AvgIpc) is 3.22. The van der Waals surface area contributed by atoms with E-state index in [2.05, 4.69) is 10.6 Å². The first-order chi connectivity index (χ1) is 10.2. The maximum Gasteiger partial charge on any atom is 0.253 e. The Hall–Kier alpha value is -1.59. The predicted molar refractivity (Wildman–Crippen MR) is 88.0 cm³/mol. The minimum Gasteiger partial charge on any atom is -0.349 e. The summed E-state index contributed by atoms with van der Waals surface area (Å²) < 4.78 is 0. The second-order valence-electron chi connectivity index (χ2n) is 6.78. The molecule has 0 spiro atoms. The largest absolute Gasteiger partial charge is 0.349 e. The van der Waals surface area contributed by atoms with Crippen molar-refractivity contribution in [1.29, 1.82) is 0 Å². The lowest BCUT2D eigenvalue weighted by molar-refractivity contribution is -0.119. The van der Waals surface area contributed by atoms with E-state index in [-0.39, 0.29) is 23.3 Å². The second kappa shape index (κ2) is 6.26. The molecule has 6 heteroatoms. The first-order valence-corrected chi connectivity index (χ1v) is 7.73. The van der Waals surface area contributed by atoms with Gasteiger partial charge in [-0.25, -0.2) is 0 Å². The van der Waals surface area contributed by atoms with Crippen LogP contribution < -0.4 is 16.4 Å². The molecule has 1 aromatic rings. The predicted octanol–water partition coefficient (Wildman–Crippen LogP) is 2.54. The van der Waals surface area contributed by atoms with Crippen molar-refractivity contribution in [2.24, 2.45) is 11.1 Å². The van der Waals surface area contributed by atoms with Crippen LogP contribution >= 0.6 is 11.6 Å². The van der Waals surface area contributed by atoms with Crippen LogP contribution in [0.5, 0.6) is 0 Å². The van der Waals surface area contributed by atoms with Gasteiger partial charge in [-0.15, -0.1) is 0 Å². The van der Waals surface area contributed by atoms with Crippen LogP contribution in [0.4, 0.5) is 5.69 Å². The summed E-state index contributed by atoms with van der Waals surface area (Å²) in [5.74, 6) is -0.507. The van der Waals surface area contributed by atoms with Crippen molar-refractivity contribution in [3.05, 3.63) is 28.8 Å². The highest BCUT2D eigenvalue weighted by Crippen LogP contribution is 2.25. The van der Waals surface area contributed by atoms with Crippen LogP contribution in [0, 0.1) is 5.41 Å². The molecule has 4 N–H and O–H groups in total. The number of anilines is 1. The molecule has 5 nitrogen and oxygen atoms in total. The summed E-state index contributed by atoms with van der Waals surface area (Å²) in [5.41, 5.74) is 6.45. The zero-order valence-electron chi connectivity index (χ0n) is 13.1. The van der Waals surface area contributed by atoms with Crippen molar-refractivity contribution in [3.63, 3.8) is 0 Å². The third kappa shape index (κ3) is 4.21. The Labute approximate surface area is 135 Å². The van der Waals surface area contributed by atoms with Crippen LogP contribution in [0.1, 0.15) is 44.0 Å². The van der Waals surface area contributed by atoms with E-state index in [4.69, 9.17) is 17.3 Å². The summed E-state index contributed by atoms with van der Waals surface area (Å²) in [6.07, 6.45) is 2.00. The van der Waals surface area contributed by atoms with Gasteiger partial charge in [0.2, 0.25) is 5.91 Å². The summed E-state index contributed by atoms with van der Waals surface area (Å²) in [4.78, 5) is 24.3. The molecule has 0 unspecified atom stereocenters. The molecule has 0 heterocycles. The molecule has 1 atom stereocenters. The van der Waals surface area contributed by atoms with Crippen molar-refractivity contribution in [2.75, 3.05) is 5.32 Å². The lowest BCUT2D eigenvalue weighted by atomic mass is 9.87. The SMILES string of the molecule is CC(C)(C)[C@H](N)C(=O)Nc1ccc(Cl)c(C(=O)NC2CC2)c1. The monoisotopic (exact) mass is 323 g/mol. The molecule has 0 bridgehead atoms. The van der Waals surface area contributed by atoms with E-state index >= 15 is 0 Å². The number of carbonyl (C=O) groups excluding carboxylic acids is 2. The van der Waals surface area contributed by atoms with Crippen LogP contribution in [0.3, 0.4) is 0 Å². The number of benzene rings is 1. The van der Waals surface area contributed by atoms with Gasteiger partial charge in [0, 0.05) is 11.7 Å². The van der Waals surface area contributed by atoms with E-state index in [1.807, 2.05) is 20.8 Å². The standard InChI is InChI=1S/C16H22ClN3O2/c1-16(2,3)13(18)15(22)20-10-6-7-12(17)11(8-10)14(21)19-9-4-5-9/h6-9,13H,4-5,18H2,1-3H3,(H,19,21)(H,20,22)/t13-/m1/s1. The molecule has 0 aliphatic heterocycles. The van der Waals surface area contributed by atoms with E-state index in [0.717, 1.165) is 12.8 Å². The maximum absolute atomic E-state index is 12.1. The van der Waals surface area contributed by atoms with Crippen molar-refractivity contribution in [1.82, 2.24) is 5.32 Å². The van der Waals surface area contributed by atoms with Gasteiger partial charge < -0.3 is 16.4 Å². The molecule has 120 valence electrons. The highest BCUT2D eigenvalue weighted by Gasteiger charge is 2.28. The van der Waals surface area contributed by atoms with Crippen LogP contribution in [-0.4, -0.2) is 23.9 Å². The highest BCUT2D eigenvalue weighted by molar-refractivity contribution is 6.34. The summed E-state index contributed by atoms with van der Waals surface area (Å²) in [6, 6.07) is 4.43. The van der Waals surface area contributed by atoms with E-state index in [0.29, 0.717) is 16.3 Å². The van der Waals surface area contributed by atoms with Crippen molar-refractivity contribution < 1.29 is 9.59 Å². The number of nitrogens with two attached hydrogens (primary N) is 1. The number of rotatable bonds is 4. The first-order valence-electron chi connectivity index (χ1n) is 7.35. The molecule has 0 aromatic heterocycles. The average molecular weight is 324 g/mol. The Balaban J connectivity index is 2.11. The molecule has 2 amide bonds. The fourth-order valence-corrected chi connectivity index (χ4v) is 2.08. The topological polar surface area (TPSA) is 84.2 Å². The van der Waals surface area contributed by atoms with Crippen LogP contribution in [0.25, 0.3) is 0 Å². The molecule has 1 aliphatic carbocycles. The Morgan fingerprint density at radius 3 is 2.50 bits per heavy atom. The molecular formula is C16H22ClN3O2. The zero-order valence-corrected chi connectivity index (χ0v) is 13.8. The number of amides is 2. The van der Waals surface area contributed by atoms with Crippen LogP contribution in [0.15, 0.2) is 18.2 Å². The van der Waals surface area contributed by atoms with Gasteiger partial charge in [0.15, 0.2) is 0 Å². The number of halogens is 1. The molecule has 22 heavy (non-hydrogen) atoms. The molecule has 0 radical (unpaired) electrons. The Kier molecular flexibility index (Phi) is 4.78. The van der Waals surface area contributed by atoms with E-state index in [9.17, 15) is 9.59 Å². The number of hydrogen-bond donors (Lipinski definition) is 3. The van der Waals surface area contributed by atoms with Gasteiger partial charge >= 0.3 is 0 Å². The summed E-state index contributed by atoms with van der Waals surface area (Å²) >= 11 is 6.07. The summed E-state index contributed by atoms with van der Waals surface area (Å²) in [5, 5.41) is 5.97. The van der Waals surface area contributed by atoms with Gasteiger partial charge in [0.25, 0.3) is 5.91 Å². The zero-order chi connectivity index (χ0) is 16.5. The summed E-state index contributed by atoms with van der Waals surface area (Å²) in [7, 11) is 0.